The van der Waals surface area contributed by atoms with Gasteiger partial charge in [-0.2, -0.15) is 0 Å². The molecule has 0 saturated carbocycles. The van der Waals surface area contributed by atoms with Crippen molar-refractivity contribution in [3.05, 3.63) is 64.7 Å². The Morgan fingerprint density at radius 2 is 1.75 bits per heavy atom. The molecule has 1 atom stereocenters. The molecule has 106 valence electrons. The van der Waals surface area contributed by atoms with Crippen molar-refractivity contribution in [3.8, 4) is 5.75 Å². The van der Waals surface area contributed by atoms with Crippen molar-refractivity contribution < 1.29 is 18.6 Å². The lowest BCUT2D eigenvalue weighted by Gasteiger charge is -2.14. The number of aryl methyl sites for hydroxylation is 1. The van der Waals surface area contributed by atoms with Gasteiger partial charge in [0.25, 0.3) is 0 Å². The smallest absolute Gasteiger partial charge is 0.128 e. The van der Waals surface area contributed by atoms with Gasteiger partial charge in [0, 0.05) is 11.6 Å². The quantitative estimate of drug-likeness (QED) is 0.919. The monoisotopic (exact) mass is 278 g/mol. The Hall–Kier alpha value is -1.94. The molecule has 20 heavy (non-hydrogen) atoms. The minimum Gasteiger partial charge on any atom is -0.488 e. The molecule has 0 aliphatic carbocycles. The maximum absolute atomic E-state index is 13.3. The zero-order chi connectivity index (χ0) is 14.7. The molecule has 0 heterocycles. The molecule has 2 rings (SSSR count). The Bertz CT molecular complexity index is 609. The number of halogens is 2. The van der Waals surface area contributed by atoms with Gasteiger partial charge in [-0.15, -0.1) is 0 Å². The van der Waals surface area contributed by atoms with Gasteiger partial charge >= 0.3 is 0 Å². The molecular weight excluding hydrogens is 262 g/mol. The molecule has 0 aromatic heterocycles. The summed E-state index contributed by atoms with van der Waals surface area (Å²) in [7, 11) is 0. The maximum atomic E-state index is 13.3. The third-order valence-corrected chi connectivity index (χ3v) is 3.12. The highest BCUT2D eigenvalue weighted by Crippen LogP contribution is 2.27. The number of aliphatic hydroxyl groups is 1. The second-order valence-corrected chi connectivity index (χ2v) is 4.72. The largest absolute Gasteiger partial charge is 0.488 e. The normalized spacial score (nSPS) is 12.2. The van der Waals surface area contributed by atoms with Crippen LogP contribution in [0.3, 0.4) is 0 Å². The van der Waals surface area contributed by atoms with E-state index in [2.05, 4.69) is 0 Å². The van der Waals surface area contributed by atoms with Gasteiger partial charge in [-0.1, -0.05) is 6.07 Å². The summed E-state index contributed by atoms with van der Waals surface area (Å²) >= 11 is 0. The fourth-order valence-corrected chi connectivity index (χ4v) is 1.93. The predicted octanol–water partition coefficient (Wildman–Crippen LogP) is 3.91. The van der Waals surface area contributed by atoms with Crippen LogP contribution in [0, 0.1) is 18.6 Å². The fourth-order valence-electron chi connectivity index (χ4n) is 1.93. The molecule has 0 radical (unpaired) electrons. The Kier molecular flexibility index (Phi) is 4.35. The molecule has 0 bridgehead atoms. The van der Waals surface area contributed by atoms with E-state index in [-0.39, 0.29) is 18.2 Å². The molecule has 0 saturated heterocycles. The lowest BCUT2D eigenvalue weighted by molar-refractivity contribution is 0.189. The summed E-state index contributed by atoms with van der Waals surface area (Å²) in [5.41, 5.74) is 2.08. The van der Waals surface area contributed by atoms with Crippen LogP contribution < -0.4 is 4.74 Å². The van der Waals surface area contributed by atoms with Crippen LogP contribution in [-0.4, -0.2) is 5.11 Å². The highest BCUT2D eigenvalue weighted by Gasteiger charge is 2.11. The molecule has 0 amide bonds. The molecule has 0 spiro atoms. The Morgan fingerprint density at radius 1 is 1.10 bits per heavy atom. The lowest BCUT2D eigenvalue weighted by atomic mass is 10.1. The zero-order valence-electron chi connectivity index (χ0n) is 11.4. The van der Waals surface area contributed by atoms with Crippen LogP contribution in [0.15, 0.2) is 36.4 Å². The van der Waals surface area contributed by atoms with Crippen LogP contribution in [0.5, 0.6) is 5.75 Å². The van der Waals surface area contributed by atoms with E-state index in [4.69, 9.17) is 4.74 Å². The standard InChI is InChI=1S/C16H16F2O2/c1-10-3-4-13(17)7-12(10)9-20-16-8-14(18)5-6-15(16)11(2)19/h3-8,11,19H,9H2,1-2H3/t11-/m0/s1. The van der Waals surface area contributed by atoms with Gasteiger partial charge in [0.05, 0.1) is 6.10 Å². The summed E-state index contributed by atoms with van der Waals surface area (Å²) in [5, 5.41) is 9.63. The Morgan fingerprint density at radius 3 is 2.45 bits per heavy atom. The molecule has 4 heteroatoms. The molecular formula is C16H16F2O2. The molecule has 0 aliphatic rings. The van der Waals surface area contributed by atoms with E-state index in [1.165, 1.54) is 30.3 Å². The van der Waals surface area contributed by atoms with Gasteiger partial charge in [-0.05, 0) is 49.2 Å². The lowest BCUT2D eigenvalue weighted by Crippen LogP contribution is -2.03. The van der Waals surface area contributed by atoms with Crippen molar-refractivity contribution in [2.45, 2.75) is 26.6 Å². The first-order valence-corrected chi connectivity index (χ1v) is 6.32. The third kappa shape index (κ3) is 3.33. The SMILES string of the molecule is Cc1ccc(F)cc1COc1cc(F)ccc1[C@H](C)O. The van der Waals surface area contributed by atoms with Gasteiger partial charge in [-0.3, -0.25) is 0 Å². The molecule has 2 aromatic carbocycles. The second-order valence-electron chi connectivity index (χ2n) is 4.72. The summed E-state index contributed by atoms with van der Waals surface area (Å²) in [4.78, 5) is 0. The second kappa shape index (κ2) is 6.01. The maximum Gasteiger partial charge on any atom is 0.128 e. The van der Waals surface area contributed by atoms with Gasteiger partial charge in [0.2, 0.25) is 0 Å². The summed E-state index contributed by atoms with van der Waals surface area (Å²) < 4.78 is 32.0. The van der Waals surface area contributed by atoms with Crippen LogP contribution in [0.4, 0.5) is 8.78 Å². The molecule has 2 nitrogen and oxygen atoms in total. The topological polar surface area (TPSA) is 29.5 Å². The number of hydrogen-bond acceptors (Lipinski definition) is 2. The van der Waals surface area contributed by atoms with Crippen molar-refractivity contribution in [2.75, 3.05) is 0 Å². The molecule has 2 aromatic rings. The third-order valence-electron chi connectivity index (χ3n) is 3.12. The van der Waals surface area contributed by atoms with Crippen LogP contribution >= 0.6 is 0 Å². The molecule has 0 fully saturated rings. The van der Waals surface area contributed by atoms with Gasteiger partial charge in [-0.25, -0.2) is 8.78 Å². The summed E-state index contributed by atoms with van der Waals surface area (Å²) in [6.45, 7) is 3.54. The van der Waals surface area contributed by atoms with Crippen molar-refractivity contribution in [1.82, 2.24) is 0 Å². The number of ether oxygens (including phenoxy) is 1. The number of hydrogen-bond donors (Lipinski definition) is 1. The fraction of sp³-hybridized carbons (Fsp3) is 0.250. The van der Waals surface area contributed by atoms with Gasteiger partial charge < -0.3 is 9.84 Å². The summed E-state index contributed by atoms with van der Waals surface area (Å²) in [6, 6.07) is 8.39. The van der Waals surface area contributed by atoms with E-state index in [9.17, 15) is 13.9 Å². The Labute approximate surface area is 116 Å². The number of benzene rings is 2. The Balaban J connectivity index is 2.22. The van der Waals surface area contributed by atoms with E-state index in [1.54, 1.807) is 13.0 Å². The first kappa shape index (κ1) is 14.5. The van der Waals surface area contributed by atoms with E-state index in [1.807, 2.05) is 6.92 Å². The molecule has 1 N–H and O–H groups in total. The van der Waals surface area contributed by atoms with Crippen LogP contribution in [0.2, 0.25) is 0 Å². The summed E-state index contributed by atoms with van der Waals surface area (Å²) in [5.74, 6) is -0.520. The highest BCUT2D eigenvalue weighted by molar-refractivity contribution is 5.36. The van der Waals surface area contributed by atoms with Crippen molar-refractivity contribution in [3.63, 3.8) is 0 Å². The van der Waals surface area contributed by atoms with Gasteiger partial charge in [0.15, 0.2) is 0 Å². The van der Waals surface area contributed by atoms with Crippen molar-refractivity contribution in [1.29, 1.82) is 0 Å². The van der Waals surface area contributed by atoms with Crippen molar-refractivity contribution >= 4 is 0 Å². The molecule has 0 aliphatic heterocycles. The summed E-state index contributed by atoms with van der Waals surface area (Å²) in [6.07, 6.45) is -0.765. The van der Waals surface area contributed by atoms with Gasteiger partial charge in [0.1, 0.15) is 24.0 Å². The minimum atomic E-state index is -0.765. The first-order chi connectivity index (χ1) is 9.47. The van der Waals surface area contributed by atoms with Crippen LogP contribution in [0.25, 0.3) is 0 Å². The number of aliphatic hydroxyl groups excluding tert-OH is 1. The zero-order valence-corrected chi connectivity index (χ0v) is 11.4. The van der Waals surface area contributed by atoms with Crippen molar-refractivity contribution in [2.24, 2.45) is 0 Å². The average Bonchev–Trinajstić information content (AvgIpc) is 2.39. The highest BCUT2D eigenvalue weighted by atomic mass is 19.1. The predicted molar refractivity (Wildman–Crippen MR) is 72.5 cm³/mol. The van der Waals surface area contributed by atoms with E-state index >= 15 is 0 Å². The minimum absolute atomic E-state index is 0.118. The van der Waals surface area contributed by atoms with Crippen LogP contribution in [-0.2, 0) is 6.61 Å². The van der Waals surface area contributed by atoms with E-state index < -0.39 is 11.9 Å². The van der Waals surface area contributed by atoms with E-state index in [0.29, 0.717) is 11.1 Å². The van der Waals surface area contributed by atoms with E-state index in [0.717, 1.165) is 5.56 Å². The first-order valence-electron chi connectivity index (χ1n) is 6.32. The van der Waals surface area contributed by atoms with Crippen LogP contribution in [0.1, 0.15) is 29.7 Å². The molecule has 0 unspecified atom stereocenters. The number of rotatable bonds is 4. The average molecular weight is 278 g/mol.